The lowest BCUT2D eigenvalue weighted by Gasteiger charge is -2.41. The summed E-state index contributed by atoms with van der Waals surface area (Å²) in [5.74, 6) is 0. The lowest BCUT2D eigenvalue weighted by atomic mass is 10.1. The van der Waals surface area contributed by atoms with Gasteiger partial charge in [0.15, 0.2) is 0 Å². The molecule has 23 heavy (non-hydrogen) atoms. The van der Waals surface area contributed by atoms with E-state index >= 15 is 0 Å². The summed E-state index contributed by atoms with van der Waals surface area (Å²) in [4.78, 5) is 6.68. The zero-order chi connectivity index (χ0) is 16.4. The topological polar surface area (TPSA) is 6.48 Å². The molecule has 0 bridgehead atoms. The summed E-state index contributed by atoms with van der Waals surface area (Å²) in [6.45, 7) is 13.6. The molecule has 1 aromatic heterocycles. The van der Waals surface area contributed by atoms with Crippen LogP contribution in [0.2, 0.25) is 0 Å². The molecule has 2 heterocycles. The van der Waals surface area contributed by atoms with Crippen molar-refractivity contribution < 1.29 is 0 Å². The van der Waals surface area contributed by atoms with Crippen LogP contribution in [0.15, 0.2) is 29.6 Å². The van der Waals surface area contributed by atoms with Crippen molar-refractivity contribution in [1.29, 1.82) is 0 Å². The van der Waals surface area contributed by atoms with Gasteiger partial charge in [0.2, 0.25) is 0 Å². The Balaban J connectivity index is 1.66. The molecule has 2 aromatic rings. The van der Waals surface area contributed by atoms with E-state index in [0.717, 1.165) is 32.6 Å². The molecule has 1 aliphatic rings. The van der Waals surface area contributed by atoms with Crippen LogP contribution >= 0.6 is 11.3 Å². The summed E-state index contributed by atoms with van der Waals surface area (Å²) >= 11 is 1.91. The smallest absolute Gasteiger partial charge is 0.0389 e. The largest absolute Gasteiger partial charge is 0.366 e. The third-order valence-corrected chi connectivity index (χ3v) is 5.99. The first-order valence-corrected chi connectivity index (χ1v) is 9.58. The summed E-state index contributed by atoms with van der Waals surface area (Å²) < 4.78 is 0. The van der Waals surface area contributed by atoms with E-state index in [2.05, 4.69) is 67.1 Å². The van der Waals surface area contributed by atoms with Gasteiger partial charge in [-0.3, -0.25) is 4.90 Å². The monoisotopic (exact) mass is 328 g/mol. The van der Waals surface area contributed by atoms with E-state index < -0.39 is 0 Å². The molecule has 1 aromatic carbocycles. The molecule has 124 valence electrons. The van der Waals surface area contributed by atoms with Crippen molar-refractivity contribution in [1.82, 2.24) is 4.90 Å². The molecular formula is C20H28N2S. The Morgan fingerprint density at radius 1 is 1.22 bits per heavy atom. The number of piperazine rings is 1. The normalized spacial score (nSPS) is 19.3. The van der Waals surface area contributed by atoms with Crippen molar-refractivity contribution in [3.8, 4) is 0 Å². The summed E-state index contributed by atoms with van der Waals surface area (Å²) in [7, 11) is 0. The third-order valence-electron chi connectivity index (χ3n) is 4.98. The molecule has 0 spiro atoms. The van der Waals surface area contributed by atoms with Gasteiger partial charge in [-0.1, -0.05) is 19.1 Å². The predicted molar refractivity (Wildman–Crippen MR) is 102 cm³/mol. The van der Waals surface area contributed by atoms with E-state index in [1.807, 2.05) is 11.3 Å². The molecule has 1 saturated heterocycles. The van der Waals surface area contributed by atoms with Gasteiger partial charge in [-0.2, -0.15) is 0 Å². The van der Waals surface area contributed by atoms with Gasteiger partial charge in [-0.05, 0) is 61.4 Å². The van der Waals surface area contributed by atoms with Crippen LogP contribution in [0.1, 0.15) is 35.4 Å². The van der Waals surface area contributed by atoms with Crippen molar-refractivity contribution in [2.45, 2.75) is 46.7 Å². The van der Waals surface area contributed by atoms with Gasteiger partial charge in [-0.15, -0.1) is 11.3 Å². The number of hydrogen-bond donors (Lipinski definition) is 0. The van der Waals surface area contributed by atoms with Gasteiger partial charge >= 0.3 is 0 Å². The molecule has 0 radical (unpaired) electrons. The van der Waals surface area contributed by atoms with Gasteiger partial charge < -0.3 is 4.90 Å². The molecule has 3 rings (SSSR count). The average Bonchev–Trinajstić information content (AvgIpc) is 2.87. The van der Waals surface area contributed by atoms with Crippen molar-refractivity contribution in [2.24, 2.45) is 0 Å². The van der Waals surface area contributed by atoms with Crippen LogP contribution in [0.3, 0.4) is 0 Å². The molecule has 0 aliphatic carbocycles. The molecule has 0 unspecified atom stereocenters. The van der Waals surface area contributed by atoms with Crippen LogP contribution in [0, 0.1) is 13.8 Å². The number of thiophene rings is 1. The molecule has 0 N–H and O–H groups in total. The first-order valence-electron chi connectivity index (χ1n) is 8.70. The minimum Gasteiger partial charge on any atom is -0.366 e. The fourth-order valence-corrected chi connectivity index (χ4v) is 4.70. The highest BCUT2D eigenvalue weighted by Gasteiger charge is 2.24. The van der Waals surface area contributed by atoms with Gasteiger partial charge in [0, 0.05) is 42.8 Å². The Bertz CT molecular complexity index is 661. The van der Waals surface area contributed by atoms with E-state index in [-0.39, 0.29) is 0 Å². The Hall–Kier alpha value is -1.32. The second-order valence-electron chi connectivity index (χ2n) is 6.77. The predicted octanol–water partition coefficient (Wildman–Crippen LogP) is 4.64. The van der Waals surface area contributed by atoms with Crippen LogP contribution in [0.25, 0.3) is 0 Å². The molecule has 0 saturated carbocycles. The number of benzene rings is 1. The summed E-state index contributed by atoms with van der Waals surface area (Å²) in [5, 5.41) is 2.37. The van der Waals surface area contributed by atoms with Crippen LogP contribution in [0.4, 0.5) is 5.69 Å². The number of aryl methyl sites for hydroxylation is 2. The number of rotatable bonds is 4. The molecular weight excluding hydrogens is 300 g/mol. The van der Waals surface area contributed by atoms with Crippen molar-refractivity contribution in [3.63, 3.8) is 0 Å². The summed E-state index contributed by atoms with van der Waals surface area (Å²) in [6, 6.07) is 9.47. The fourth-order valence-electron chi connectivity index (χ4n) is 3.74. The van der Waals surface area contributed by atoms with Crippen LogP contribution in [-0.2, 0) is 13.0 Å². The first kappa shape index (κ1) is 16.5. The fraction of sp³-hybridized carbons (Fsp3) is 0.500. The van der Waals surface area contributed by atoms with Crippen molar-refractivity contribution in [2.75, 3.05) is 24.5 Å². The van der Waals surface area contributed by atoms with Gasteiger partial charge in [-0.25, -0.2) is 0 Å². The van der Waals surface area contributed by atoms with Crippen molar-refractivity contribution >= 4 is 17.0 Å². The zero-order valence-electron chi connectivity index (χ0n) is 14.8. The molecule has 2 nitrogen and oxygen atoms in total. The van der Waals surface area contributed by atoms with Crippen LogP contribution < -0.4 is 4.90 Å². The molecule has 1 aliphatic heterocycles. The van der Waals surface area contributed by atoms with E-state index in [4.69, 9.17) is 0 Å². The van der Waals surface area contributed by atoms with Gasteiger partial charge in [0.05, 0.1) is 0 Å². The lowest BCUT2D eigenvalue weighted by Crippen LogP contribution is -2.51. The minimum atomic E-state index is 0.565. The molecule has 0 amide bonds. The van der Waals surface area contributed by atoms with Crippen molar-refractivity contribution in [3.05, 3.63) is 51.2 Å². The Kier molecular flexibility index (Phi) is 5.08. The van der Waals surface area contributed by atoms with Gasteiger partial charge in [0.25, 0.3) is 0 Å². The van der Waals surface area contributed by atoms with E-state index in [1.165, 1.54) is 16.1 Å². The molecule has 1 atom stereocenters. The summed E-state index contributed by atoms with van der Waals surface area (Å²) in [5.41, 5.74) is 5.84. The maximum Gasteiger partial charge on any atom is 0.0389 e. The zero-order valence-corrected chi connectivity index (χ0v) is 15.6. The van der Waals surface area contributed by atoms with E-state index in [1.54, 1.807) is 11.1 Å². The highest BCUT2D eigenvalue weighted by Crippen LogP contribution is 2.26. The average molecular weight is 329 g/mol. The molecule has 1 fully saturated rings. The van der Waals surface area contributed by atoms with E-state index in [0.29, 0.717) is 6.04 Å². The number of anilines is 1. The lowest BCUT2D eigenvalue weighted by molar-refractivity contribution is 0.220. The second-order valence-corrected chi connectivity index (χ2v) is 7.85. The van der Waals surface area contributed by atoms with E-state index in [9.17, 15) is 0 Å². The quantitative estimate of drug-likeness (QED) is 0.807. The highest BCUT2D eigenvalue weighted by molar-refractivity contribution is 7.10. The SMILES string of the molecule is CCc1c(CN2CCN(c3cccc(C)c3)[C@@H](C)C2)csc1C. The summed E-state index contributed by atoms with van der Waals surface area (Å²) in [6.07, 6.45) is 1.16. The molecule has 3 heteroatoms. The van der Waals surface area contributed by atoms with Crippen LogP contribution in [0.5, 0.6) is 0 Å². The van der Waals surface area contributed by atoms with Crippen LogP contribution in [-0.4, -0.2) is 30.6 Å². The maximum atomic E-state index is 2.62. The first-order chi connectivity index (χ1) is 11.1. The second kappa shape index (κ2) is 7.06. The Morgan fingerprint density at radius 3 is 2.74 bits per heavy atom. The third kappa shape index (κ3) is 3.61. The standard InChI is InChI=1S/C20H28N2S/c1-5-20-17(4)23-14-18(20)13-21-9-10-22(16(3)12-21)19-8-6-7-15(2)11-19/h6-8,11,14,16H,5,9-10,12-13H2,1-4H3/t16-/m0/s1. The number of hydrogen-bond acceptors (Lipinski definition) is 3. The maximum absolute atomic E-state index is 2.62. The highest BCUT2D eigenvalue weighted by atomic mass is 32.1. The Labute approximate surface area is 144 Å². The number of nitrogens with zero attached hydrogens (tertiary/aromatic N) is 2. The Morgan fingerprint density at radius 2 is 2.04 bits per heavy atom. The minimum absolute atomic E-state index is 0.565. The van der Waals surface area contributed by atoms with Gasteiger partial charge in [0.1, 0.15) is 0 Å².